The molecule has 1 aromatic heterocycles. The number of hydrogen-bond acceptors (Lipinski definition) is 2. The van der Waals surface area contributed by atoms with Gasteiger partial charge in [0.2, 0.25) is 0 Å². The van der Waals surface area contributed by atoms with E-state index in [1.165, 1.54) is 53.7 Å². The Labute approximate surface area is 137 Å². The summed E-state index contributed by atoms with van der Waals surface area (Å²) in [5.74, 6) is 9.74. The summed E-state index contributed by atoms with van der Waals surface area (Å²) in [6, 6.07) is 7.67. The van der Waals surface area contributed by atoms with Crippen molar-refractivity contribution in [2.24, 2.45) is 47.3 Å². The van der Waals surface area contributed by atoms with E-state index >= 15 is 0 Å². The van der Waals surface area contributed by atoms with Gasteiger partial charge >= 0.3 is 0 Å². The molecule has 1 aromatic carbocycles. The number of nitrogens with zero attached hydrogens (tertiary/aromatic N) is 1. The van der Waals surface area contributed by atoms with Crippen LogP contribution in [0.5, 0.6) is 0 Å². The standard InChI is InChI=1S/C14H20.C7H5NO/c1-7-2-12-10-4-8-5-11(9(1)10)13(3-7)14(12)6-8;1-2-4-7-6(3-1)8-5-9-7/h7-14H,1-6H2;1-5H. The average Bonchev–Trinajstić information content (AvgIpc) is 3.08. The first-order chi connectivity index (χ1) is 11.4. The van der Waals surface area contributed by atoms with Crippen LogP contribution in [0.15, 0.2) is 35.1 Å². The van der Waals surface area contributed by atoms with E-state index in [9.17, 15) is 0 Å². The quantitative estimate of drug-likeness (QED) is 0.672. The van der Waals surface area contributed by atoms with Gasteiger partial charge in [0.1, 0.15) is 5.52 Å². The van der Waals surface area contributed by atoms with Gasteiger partial charge in [-0.15, -0.1) is 0 Å². The second-order valence-electron chi connectivity index (χ2n) is 8.95. The molecule has 7 saturated carbocycles. The first-order valence-electron chi connectivity index (χ1n) is 9.65. The molecule has 7 aliphatic rings. The zero-order valence-electron chi connectivity index (χ0n) is 13.6. The van der Waals surface area contributed by atoms with Gasteiger partial charge in [0.25, 0.3) is 0 Å². The van der Waals surface area contributed by atoms with Crippen LogP contribution in [-0.4, -0.2) is 4.98 Å². The van der Waals surface area contributed by atoms with Gasteiger partial charge in [-0.3, -0.25) is 0 Å². The van der Waals surface area contributed by atoms with E-state index in [4.69, 9.17) is 4.42 Å². The maximum Gasteiger partial charge on any atom is 0.181 e. The molecule has 0 saturated heterocycles. The molecule has 23 heavy (non-hydrogen) atoms. The van der Waals surface area contributed by atoms with Crippen LogP contribution in [0.4, 0.5) is 0 Å². The predicted octanol–water partition coefficient (Wildman–Crippen LogP) is 5.15. The predicted molar refractivity (Wildman–Crippen MR) is 89.6 cm³/mol. The molecule has 0 amide bonds. The summed E-state index contributed by atoms with van der Waals surface area (Å²) in [6.07, 6.45) is 11.4. The first kappa shape index (κ1) is 13.0. The molecule has 8 bridgehead atoms. The Kier molecular flexibility index (Phi) is 2.62. The molecular formula is C21H25NO. The van der Waals surface area contributed by atoms with Crippen LogP contribution in [-0.2, 0) is 0 Å². The van der Waals surface area contributed by atoms with Crippen LogP contribution < -0.4 is 0 Å². The number of aromatic nitrogens is 1. The Morgan fingerprint density at radius 2 is 1.17 bits per heavy atom. The van der Waals surface area contributed by atoms with E-state index < -0.39 is 0 Å². The Hall–Kier alpha value is -1.31. The molecule has 0 radical (unpaired) electrons. The van der Waals surface area contributed by atoms with Crippen LogP contribution in [0.25, 0.3) is 11.1 Å². The fraction of sp³-hybridized carbons (Fsp3) is 0.667. The highest BCUT2D eigenvalue weighted by Crippen LogP contribution is 2.71. The topological polar surface area (TPSA) is 26.0 Å². The lowest BCUT2D eigenvalue weighted by molar-refractivity contribution is -0.202. The molecule has 2 nitrogen and oxygen atoms in total. The summed E-state index contributed by atoms with van der Waals surface area (Å²) >= 11 is 0. The molecule has 2 heteroatoms. The van der Waals surface area contributed by atoms with Crippen LogP contribution in [0.1, 0.15) is 38.5 Å². The third-order valence-corrected chi connectivity index (χ3v) is 8.17. The SMILES string of the molecule is C1C2CC3C4CC5CC(C14)C(C2)C3C5.c1ccc2ocnc2c1. The van der Waals surface area contributed by atoms with Gasteiger partial charge in [0.05, 0.1) is 0 Å². The van der Waals surface area contributed by atoms with Crippen LogP contribution >= 0.6 is 0 Å². The Morgan fingerprint density at radius 1 is 0.696 bits per heavy atom. The number of rotatable bonds is 0. The largest absolute Gasteiger partial charge is 0.443 e. The zero-order valence-corrected chi connectivity index (χ0v) is 13.6. The lowest BCUT2D eigenvalue weighted by Gasteiger charge is -2.69. The van der Waals surface area contributed by atoms with Crippen molar-refractivity contribution in [2.75, 3.05) is 0 Å². The fourth-order valence-electron chi connectivity index (χ4n) is 7.69. The minimum atomic E-state index is 0.845. The number of benzene rings is 1. The average molecular weight is 307 g/mol. The highest BCUT2D eigenvalue weighted by molar-refractivity contribution is 5.71. The second-order valence-corrected chi connectivity index (χ2v) is 8.95. The van der Waals surface area contributed by atoms with Gasteiger partial charge in [-0.1, -0.05) is 12.1 Å². The Morgan fingerprint density at radius 3 is 1.65 bits per heavy atom. The van der Waals surface area contributed by atoms with E-state index in [1.54, 1.807) is 38.5 Å². The summed E-state index contributed by atoms with van der Waals surface area (Å²) in [6.45, 7) is 0. The minimum absolute atomic E-state index is 0.845. The van der Waals surface area contributed by atoms with Gasteiger partial charge in [-0.2, -0.15) is 0 Å². The number of oxazole rings is 1. The third kappa shape index (κ3) is 1.78. The van der Waals surface area contributed by atoms with Crippen LogP contribution in [0.3, 0.4) is 0 Å². The van der Waals surface area contributed by atoms with Crippen LogP contribution in [0.2, 0.25) is 0 Å². The second kappa shape index (κ2) is 4.62. The highest BCUT2D eigenvalue weighted by Gasteiger charge is 2.63. The molecule has 0 atom stereocenters. The summed E-state index contributed by atoms with van der Waals surface area (Å²) in [5, 5.41) is 0. The molecule has 9 rings (SSSR count). The summed E-state index contributed by atoms with van der Waals surface area (Å²) < 4.78 is 5.01. The first-order valence-corrected chi connectivity index (χ1v) is 9.65. The van der Waals surface area contributed by atoms with E-state index in [0.717, 1.165) is 11.1 Å². The number of para-hydroxylation sites is 2. The maximum atomic E-state index is 5.01. The molecule has 120 valence electrons. The highest BCUT2D eigenvalue weighted by atomic mass is 16.3. The van der Waals surface area contributed by atoms with Gasteiger partial charge in [-0.05, 0) is 98.0 Å². The lowest BCUT2D eigenvalue weighted by Crippen LogP contribution is -2.62. The van der Waals surface area contributed by atoms with Gasteiger partial charge in [-0.25, -0.2) is 4.98 Å². The molecule has 7 fully saturated rings. The monoisotopic (exact) mass is 307 g/mol. The van der Waals surface area contributed by atoms with Crippen molar-refractivity contribution in [1.29, 1.82) is 0 Å². The molecule has 0 N–H and O–H groups in total. The van der Waals surface area contributed by atoms with Crippen molar-refractivity contribution in [3.8, 4) is 0 Å². The Bertz CT molecular complexity index is 616. The molecule has 0 aliphatic heterocycles. The molecule has 7 aliphatic carbocycles. The molecule has 2 aromatic rings. The molecule has 1 heterocycles. The van der Waals surface area contributed by atoms with Crippen molar-refractivity contribution in [2.45, 2.75) is 38.5 Å². The van der Waals surface area contributed by atoms with E-state index in [0.29, 0.717) is 0 Å². The van der Waals surface area contributed by atoms with E-state index in [2.05, 4.69) is 4.98 Å². The van der Waals surface area contributed by atoms with Crippen molar-refractivity contribution >= 4 is 11.1 Å². The summed E-state index contributed by atoms with van der Waals surface area (Å²) in [7, 11) is 0. The third-order valence-electron chi connectivity index (χ3n) is 8.17. The van der Waals surface area contributed by atoms with Gasteiger partial charge in [0, 0.05) is 0 Å². The van der Waals surface area contributed by atoms with Crippen molar-refractivity contribution in [1.82, 2.24) is 4.98 Å². The van der Waals surface area contributed by atoms with Crippen molar-refractivity contribution in [3.05, 3.63) is 30.7 Å². The minimum Gasteiger partial charge on any atom is -0.443 e. The van der Waals surface area contributed by atoms with Crippen molar-refractivity contribution in [3.63, 3.8) is 0 Å². The summed E-state index contributed by atoms with van der Waals surface area (Å²) in [5.41, 5.74) is 1.76. The summed E-state index contributed by atoms with van der Waals surface area (Å²) in [4.78, 5) is 3.95. The molecule has 0 unspecified atom stereocenters. The van der Waals surface area contributed by atoms with E-state index in [-0.39, 0.29) is 0 Å². The van der Waals surface area contributed by atoms with E-state index in [1.807, 2.05) is 24.3 Å². The van der Waals surface area contributed by atoms with Gasteiger partial charge < -0.3 is 4.42 Å². The smallest absolute Gasteiger partial charge is 0.181 e. The Balaban J connectivity index is 0.000000109. The molecule has 0 spiro atoms. The molecular weight excluding hydrogens is 282 g/mol. The van der Waals surface area contributed by atoms with Crippen LogP contribution in [0, 0.1) is 47.3 Å². The normalized spacial score (nSPS) is 47.8. The lowest BCUT2D eigenvalue weighted by atomic mass is 9.36. The number of hydrogen-bond donors (Lipinski definition) is 0. The van der Waals surface area contributed by atoms with Gasteiger partial charge in [0.15, 0.2) is 12.0 Å². The maximum absolute atomic E-state index is 5.01. The zero-order chi connectivity index (χ0) is 15.0. The van der Waals surface area contributed by atoms with Crippen molar-refractivity contribution < 1.29 is 4.42 Å². The number of fused-ring (bicyclic) bond motifs is 1. The fourth-order valence-corrected chi connectivity index (χ4v) is 7.69.